The Labute approximate surface area is 189 Å². The highest BCUT2D eigenvalue weighted by atomic mass is 19.1. The molecular formula is C24H18FN5O3. The highest BCUT2D eigenvalue weighted by Gasteiger charge is 2.79. The number of carbonyl (C=O) groups is 1. The summed E-state index contributed by atoms with van der Waals surface area (Å²) in [6, 6.07) is 17.5. The molecule has 8 nitrogen and oxygen atoms in total. The SMILES string of the molecule is CC(=O)Nc1ccc(C2OC3(c4ccc(F)cc4)OC(=N)C(C#N)(C3C)C2(C#N)C#N)cc1. The van der Waals surface area contributed by atoms with Crippen molar-refractivity contribution in [3.8, 4) is 18.2 Å². The van der Waals surface area contributed by atoms with Crippen LogP contribution >= 0.6 is 0 Å². The first-order valence-corrected chi connectivity index (χ1v) is 10.0. The first-order chi connectivity index (χ1) is 15.7. The number of hydrogen-bond acceptors (Lipinski definition) is 7. The summed E-state index contributed by atoms with van der Waals surface area (Å²) >= 11 is 0. The van der Waals surface area contributed by atoms with Gasteiger partial charge in [0.25, 0.3) is 0 Å². The van der Waals surface area contributed by atoms with Gasteiger partial charge in [-0.3, -0.25) is 10.2 Å². The van der Waals surface area contributed by atoms with E-state index in [0.717, 1.165) is 0 Å². The Morgan fingerprint density at radius 2 is 1.67 bits per heavy atom. The Bertz CT molecular complexity index is 1260. The molecule has 4 unspecified atom stereocenters. The summed E-state index contributed by atoms with van der Waals surface area (Å²) in [5, 5.41) is 41.9. The van der Waals surface area contributed by atoms with Gasteiger partial charge in [0, 0.05) is 18.2 Å². The van der Waals surface area contributed by atoms with Crippen LogP contribution in [-0.4, -0.2) is 11.8 Å². The lowest BCUT2D eigenvalue weighted by atomic mass is 9.53. The minimum atomic E-state index is -2.12. The number of carbonyl (C=O) groups excluding carboxylic acids is 1. The van der Waals surface area contributed by atoms with E-state index in [1.165, 1.54) is 31.2 Å². The maximum absolute atomic E-state index is 13.6. The molecule has 2 aromatic rings. The van der Waals surface area contributed by atoms with Crippen LogP contribution in [0.1, 0.15) is 31.1 Å². The predicted octanol–water partition coefficient (Wildman–Crippen LogP) is 3.90. The van der Waals surface area contributed by atoms with E-state index in [1.54, 1.807) is 31.2 Å². The molecule has 0 spiro atoms. The number of nitriles is 3. The molecule has 0 saturated carbocycles. The fourth-order valence-corrected chi connectivity index (χ4v) is 4.80. The molecule has 0 radical (unpaired) electrons. The molecule has 0 aliphatic carbocycles. The summed E-state index contributed by atoms with van der Waals surface area (Å²) in [6.45, 7) is 2.94. The van der Waals surface area contributed by atoms with Crippen LogP contribution in [-0.2, 0) is 20.1 Å². The molecule has 2 aromatic carbocycles. The van der Waals surface area contributed by atoms with E-state index in [9.17, 15) is 25.0 Å². The standard InChI is InChI=1S/C24H18FN5O3/c1-14-23(13-28)21(29)33-24(14,17-5-7-18(25)8-6-17)32-20(22(23,11-26)12-27)16-3-9-19(10-4-16)30-15(2)31/h3-10,14,20,29H,1-2H3,(H,30,31). The van der Waals surface area contributed by atoms with E-state index in [0.29, 0.717) is 16.8 Å². The van der Waals surface area contributed by atoms with Crippen molar-refractivity contribution >= 4 is 17.5 Å². The van der Waals surface area contributed by atoms with Gasteiger partial charge >= 0.3 is 0 Å². The quantitative estimate of drug-likeness (QED) is 0.737. The minimum absolute atomic E-state index is 0.271. The summed E-state index contributed by atoms with van der Waals surface area (Å²) < 4.78 is 25.8. The molecular weight excluding hydrogens is 425 g/mol. The molecule has 0 aromatic heterocycles. The first kappa shape index (κ1) is 22.0. The zero-order valence-corrected chi connectivity index (χ0v) is 17.7. The monoisotopic (exact) mass is 443 g/mol. The normalized spacial score (nSPS) is 29.2. The van der Waals surface area contributed by atoms with E-state index in [4.69, 9.17) is 14.9 Å². The number of halogens is 1. The van der Waals surface area contributed by atoms with Gasteiger partial charge in [-0.05, 0) is 42.0 Å². The average molecular weight is 443 g/mol. The number of anilines is 1. The van der Waals surface area contributed by atoms with Crippen LogP contribution in [0.25, 0.3) is 0 Å². The number of nitrogens with zero attached hydrogens (tertiary/aromatic N) is 3. The molecule has 4 atom stereocenters. The van der Waals surface area contributed by atoms with Crippen LogP contribution in [0.3, 0.4) is 0 Å². The summed E-state index contributed by atoms with van der Waals surface area (Å²) in [6.07, 6.45) is -1.29. The van der Waals surface area contributed by atoms with Crippen molar-refractivity contribution in [2.75, 3.05) is 5.32 Å². The molecule has 1 amide bonds. The predicted molar refractivity (Wildman–Crippen MR) is 112 cm³/mol. The summed E-state index contributed by atoms with van der Waals surface area (Å²) in [5.41, 5.74) is -2.85. The molecule has 164 valence electrons. The van der Waals surface area contributed by atoms with Gasteiger partial charge < -0.3 is 14.8 Å². The van der Waals surface area contributed by atoms with E-state index < -0.39 is 40.4 Å². The Kier molecular flexibility index (Phi) is 4.93. The molecule has 9 heteroatoms. The van der Waals surface area contributed by atoms with E-state index in [2.05, 4.69) is 5.32 Å². The van der Waals surface area contributed by atoms with Crippen LogP contribution in [0.15, 0.2) is 48.5 Å². The number of rotatable bonds is 3. The van der Waals surface area contributed by atoms with Gasteiger partial charge in [-0.2, -0.15) is 15.8 Å². The lowest BCUT2D eigenvalue weighted by Crippen LogP contribution is -2.57. The van der Waals surface area contributed by atoms with Crippen LogP contribution in [0, 0.1) is 62.0 Å². The van der Waals surface area contributed by atoms with Gasteiger partial charge in [0.1, 0.15) is 11.9 Å². The van der Waals surface area contributed by atoms with Crippen molar-refractivity contribution in [1.82, 2.24) is 0 Å². The van der Waals surface area contributed by atoms with Gasteiger partial charge in [0.05, 0.1) is 24.1 Å². The van der Waals surface area contributed by atoms with E-state index >= 15 is 0 Å². The highest BCUT2D eigenvalue weighted by molar-refractivity contribution is 5.90. The smallest absolute Gasteiger partial charge is 0.244 e. The third kappa shape index (κ3) is 2.75. The van der Waals surface area contributed by atoms with E-state index in [-0.39, 0.29) is 5.91 Å². The fourth-order valence-electron chi connectivity index (χ4n) is 4.80. The third-order valence-corrected chi connectivity index (χ3v) is 6.45. The van der Waals surface area contributed by atoms with Crippen molar-refractivity contribution in [2.45, 2.75) is 25.7 Å². The van der Waals surface area contributed by atoms with Gasteiger partial charge in [0.15, 0.2) is 5.41 Å². The lowest BCUT2D eigenvalue weighted by Gasteiger charge is -2.48. The number of ether oxygens (including phenoxy) is 2. The van der Waals surface area contributed by atoms with Crippen LogP contribution < -0.4 is 5.32 Å². The molecule has 2 heterocycles. The molecule has 2 fully saturated rings. The molecule has 2 aliphatic heterocycles. The number of amides is 1. The van der Waals surface area contributed by atoms with Crippen molar-refractivity contribution in [3.05, 3.63) is 65.5 Å². The maximum atomic E-state index is 13.6. The molecule has 4 rings (SSSR count). The molecule has 33 heavy (non-hydrogen) atoms. The topological polar surface area (TPSA) is 143 Å². The molecule has 2 aliphatic rings. The van der Waals surface area contributed by atoms with E-state index in [1.807, 2.05) is 18.2 Å². The second-order valence-electron chi connectivity index (χ2n) is 8.08. The van der Waals surface area contributed by atoms with Gasteiger partial charge in [-0.15, -0.1) is 0 Å². The van der Waals surface area contributed by atoms with Crippen molar-refractivity contribution in [2.24, 2.45) is 16.7 Å². The molecule has 2 N–H and O–H groups in total. The highest BCUT2D eigenvalue weighted by Crippen LogP contribution is 2.68. The zero-order chi connectivity index (χ0) is 24.0. The Morgan fingerprint density at radius 1 is 1.06 bits per heavy atom. The Hall–Kier alpha value is -4.26. The number of fused-ring (bicyclic) bond motifs is 2. The average Bonchev–Trinajstić information content (AvgIpc) is 2.96. The van der Waals surface area contributed by atoms with Crippen LogP contribution in [0.5, 0.6) is 0 Å². The second-order valence-corrected chi connectivity index (χ2v) is 8.08. The largest absolute Gasteiger partial charge is 0.443 e. The van der Waals surface area contributed by atoms with Crippen molar-refractivity contribution in [3.63, 3.8) is 0 Å². The van der Waals surface area contributed by atoms with Crippen molar-refractivity contribution in [1.29, 1.82) is 21.2 Å². The zero-order valence-electron chi connectivity index (χ0n) is 17.7. The first-order valence-electron chi connectivity index (χ1n) is 10.0. The lowest BCUT2D eigenvalue weighted by molar-refractivity contribution is -0.288. The summed E-state index contributed by atoms with van der Waals surface area (Å²) in [5.74, 6) is -3.96. The molecule has 2 bridgehead atoms. The summed E-state index contributed by atoms with van der Waals surface area (Å²) in [4.78, 5) is 11.3. The Morgan fingerprint density at radius 3 is 2.18 bits per heavy atom. The second kappa shape index (κ2) is 7.41. The van der Waals surface area contributed by atoms with Gasteiger partial charge in [-0.1, -0.05) is 19.1 Å². The van der Waals surface area contributed by atoms with Crippen molar-refractivity contribution < 1.29 is 18.7 Å². The minimum Gasteiger partial charge on any atom is -0.443 e. The van der Waals surface area contributed by atoms with Crippen LogP contribution in [0.2, 0.25) is 0 Å². The number of hydrogen-bond donors (Lipinski definition) is 2. The number of nitrogens with one attached hydrogen (secondary N) is 2. The number of benzene rings is 2. The summed E-state index contributed by atoms with van der Waals surface area (Å²) in [7, 11) is 0. The van der Waals surface area contributed by atoms with Gasteiger partial charge in [-0.25, -0.2) is 4.39 Å². The third-order valence-electron chi connectivity index (χ3n) is 6.45. The maximum Gasteiger partial charge on any atom is 0.244 e. The van der Waals surface area contributed by atoms with Gasteiger partial charge in [0.2, 0.25) is 23.0 Å². The molecule has 2 saturated heterocycles. The fraction of sp³-hybridized carbons (Fsp3) is 0.292. The Balaban J connectivity index is 1.95. The van der Waals surface area contributed by atoms with Crippen LogP contribution in [0.4, 0.5) is 10.1 Å².